The van der Waals surface area contributed by atoms with Crippen LogP contribution in [-0.2, 0) is 0 Å². The summed E-state index contributed by atoms with van der Waals surface area (Å²) in [4.78, 5) is 4.84. The third-order valence-electron chi connectivity index (χ3n) is 3.84. The molecule has 0 aromatic heterocycles. The lowest BCUT2D eigenvalue weighted by atomic mass is 9.84. The van der Waals surface area contributed by atoms with Crippen LogP contribution in [0.4, 0.5) is 0 Å². The van der Waals surface area contributed by atoms with Crippen molar-refractivity contribution in [1.82, 2.24) is 0 Å². The number of hydrogen-bond acceptors (Lipinski definition) is 1. The fourth-order valence-electron chi connectivity index (χ4n) is 3.09. The minimum atomic E-state index is 0.364. The van der Waals surface area contributed by atoms with Crippen LogP contribution >= 0.6 is 0 Å². The highest BCUT2D eigenvalue weighted by Crippen LogP contribution is 2.43. The Balaban J connectivity index is 1.89. The molecule has 2 unspecified atom stereocenters. The molecule has 0 saturated heterocycles. The van der Waals surface area contributed by atoms with Gasteiger partial charge in [0, 0.05) is 5.92 Å². The molecule has 0 N–H and O–H groups in total. The molecule has 78 valence electrons. The third-order valence-corrected chi connectivity index (χ3v) is 3.84. The summed E-state index contributed by atoms with van der Waals surface area (Å²) in [5.41, 5.74) is 5.60. The van der Waals surface area contributed by atoms with Crippen LogP contribution in [0.1, 0.15) is 12.8 Å². The predicted octanol–water partition coefficient (Wildman–Crippen LogP) is 3.14. The molecule has 0 saturated carbocycles. The lowest BCUT2D eigenvalue weighted by molar-refractivity contribution is 0.671. The maximum absolute atomic E-state index is 4.84. The maximum atomic E-state index is 4.84. The Morgan fingerprint density at radius 3 is 3.19 bits per heavy atom. The Morgan fingerprint density at radius 1 is 1.19 bits per heavy atom. The van der Waals surface area contributed by atoms with Crippen molar-refractivity contribution < 1.29 is 0 Å². The number of allylic oxidation sites excluding steroid dienone is 6. The molecule has 4 rings (SSSR count). The van der Waals surface area contributed by atoms with Crippen LogP contribution in [0.2, 0.25) is 0 Å². The Kier molecular flexibility index (Phi) is 1.57. The highest BCUT2D eigenvalue weighted by Gasteiger charge is 2.38. The summed E-state index contributed by atoms with van der Waals surface area (Å²) in [6, 6.07) is 0.364. The van der Waals surface area contributed by atoms with Gasteiger partial charge in [0.15, 0.2) is 0 Å². The van der Waals surface area contributed by atoms with Gasteiger partial charge in [-0.15, -0.1) is 0 Å². The van der Waals surface area contributed by atoms with Crippen LogP contribution in [0.3, 0.4) is 0 Å². The lowest BCUT2D eigenvalue weighted by Gasteiger charge is -2.23. The smallest absolute Gasteiger partial charge is 0.0862 e. The van der Waals surface area contributed by atoms with Gasteiger partial charge in [0.2, 0.25) is 0 Å². The van der Waals surface area contributed by atoms with Crippen LogP contribution in [-0.4, -0.2) is 11.8 Å². The molecular weight excluding hydrogens is 194 g/mol. The second kappa shape index (κ2) is 2.94. The molecule has 2 bridgehead atoms. The second-order valence-corrected chi connectivity index (χ2v) is 4.73. The fraction of sp³-hybridized carbons (Fsp3) is 0.267. The average molecular weight is 207 g/mol. The molecule has 2 heterocycles. The molecule has 0 spiro atoms. The second-order valence-electron chi connectivity index (χ2n) is 4.73. The van der Waals surface area contributed by atoms with Gasteiger partial charge >= 0.3 is 0 Å². The van der Waals surface area contributed by atoms with Crippen molar-refractivity contribution in [3.8, 4) is 0 Å². The Labute approximate surface area is 95.3 Å². The molecule has 0 aromatic carbocycles. The number of hydrogen-bond donors (Lipinski definition) is 0. The van der Waals surface area contributed by atoms with Crippen molar-refractivity contribution in [3.05, 3.63) is 59.3 Å². The Hall–Kier alpha value is -1.63. The zero-order valence-corrected chi connectivity index (χ0v) is 9.06. The van der Waals surface area contributed by atoms with Gasteiger partial charge in [-0.25, -0.2) is 0 Å². The monoisotopic (exact) mass is 207 g/mol. The molecule has 1 nitrogen and oxygen atoms in total. The Morgan fingerprint density at radius 2 is 2.19 bits per heavy atom. The van der Waals surface area contributed by atoms with E-state index >= 15 is 0 Å². The van der Waals surface area contributed by atoms with E-state index in [-0.39, 0.29) is 0 Å². The van der Waals surface area contributed by atoms with Crippen molar-refractivity contribution in [2.45, 2.75) is 18.9 Å². The van der Waals surface area contributed by atoms with Crippen molar-refractivity contribution in [1.29, 1.82) is 0 Å². The summed E-state index contributed by atoms with van der Waals surface area (Å²) in [5, 5.41) is 0. The van der Waals surface area contributed by atoms with Gasteiger partial charge in [-0.1, -0.05) is 36.5 Å². The largest absolute Gasteiger partial charge is 0.276 e. The molecule has 4 aliphatic rings. The summed E-state index contributed by atoms with van der Waals surface area (Å²) in [7, 11) is 0. The molecule has 0 amide bonds. The number of nitrogens with zero attached hydrogens (tertiary/aromatic N) is 1. The van der Waals surface area contributed by atoms with Gasteiger partial charge in [-0.2, -0.15) is 0 Å². The molecule has 16 heavy (non-hydrogen) atoms. The van der Waals surface area contributed by atoms with Crippen molar-refractivity contribution >= 4 is 5.71 Å². The predicted molar refractivity (Wildman–Crippen MR) is 66.5 cm³/mol. The van der Waals surface area contributed by atoms with Crippen molar-refractivity contribution in [2.24, 2.45) is 10.9 Å². The van der Waals surface area contributed by atoms with Gasteiger partial charge in [0.25, 0.3) is 0 Å². The molecule has 0 fully saturated rings. The third kappa shape index (κ3) is 0.981. The van der Waals surface area contributed by atoms with Gasteiger partial charge in [0.05, 0.1) is 11.8 Å². The number of dihydropyridines is 1. The summed E-state index contributed by atoms with van der Waals surface area (Å²) in [6.45, 7) is 0. The topological polar surface area (TPSA) is 12.4 Å². The first kappa shape index (κ1) is 8.51. The van der Waals surface area contributed by atoms with Crippen LogP contribution in [0.15, 0.2) is 64.2 Å². The first-order valence-corrected chi connectivity index (χ1v) is 5.96. The average Bonchev–Trinajstić information content (AvgIpc) is 2.65. The molecule has 0 aromatic rings. The van der Waals surface area contributed by atoms with Gasteiger partial charge in [-0.05, 0) is 35.6 Å². The highest BCUT2D eigenvalue weighted by atomic mass is 14.9. The van der Waals surface area contributed by atoms with Crippen molar-refractivity contribution in [2.75, 3.05) is 0 Å². The van der Waals surface area contributed by atoms with Crippen LogP contribution in [0.5, 0.6) is 0 Å². The normalized spacial score (nSPS) is 33.5. The summed E-state index contributed by atoms with van der Waals surface area (Å²) in [5.74, 6) is 0.509. The van der Waals surface area contributed by atoms with Gasteiger partial charge in [0.1, 0.15) is 0 Å². The van der Waals surface area contributed by atoms with Crippen LogP contribution < -0.4 is 0 Å². The summed E-state index contributed by atoms with van der Waals surface area (Å²) >= 11 is 0. The molecule has 2 atom stereocenters. The first-order valence-electron chi connectivity index (χ1n) is 5.96. The molecule has 1 heteroatoms. The zero-order chi connectivity index (χ0) is 10.5. The van der Waals surface area contributed by atoms with E-state index in [0.717, 1.165) is 12.8 Å². The van der Waals surface area contributed by atoms with E-state index in [4.69, 9.17) is 4.99 Å². The quantitative estimate of drug-likeness (QED) is 0.541. The fourth-order valence-corrected chi connectivity index (χ4v) is 3.09. The van der Waals surface area contributed by atoms with E-state index in [0.29, 0.717) is 12.0 Å². The van der Waals surface area contributed by atoms with Crippen LogP contribution in [0, 0.1) is 5.92 Å². The number of rotatable bonds is 0. The summed E-state index contributed by atoms with van der Waals surface area (Å²) < 4.78 is 0. The Bertz CT molecular complexity index is 538. The highest BCUT2D eigenvalue weighted by molar-refractivity contribution is 6.13. The summed E-state index contributed by atoms with van der Waals surface area (Å²) in [6.07, 6.45) is 18.0. The van der Waals surface area contributed by atoms with E-state index in [1.807, 2.05) is 0 Å². The van der Waals surface area contributed by atoms with E-state index in [2.05, 4.69) is 42.5 Å². The number of fused-ring (bicyclic) bond motifs is 6. The maximum Gasteiger partial charge on any atom is 0.0862 e. The minimum Gasteiger partial charge on any atom is -0.276 e. The molecule has 2 aliphatic heterocycles. The first-order chi connectivity index (χ1) is 7.93. The lowest BCUT2D eigenvalue weighted by Crippen LogP contribution is -2.18. The van der Waals surface area contributed by atoms with Gasteiger partial charge in [-0.3, -0.25) is 4.99 Å². The molecular formula is C15H13N. The van der Waals surface area contributed by atoms with E-state index < -0.39 is 0 Å². The molecule has 2 aliphatic carbocycles. The van der Waals surface area contributed by atoms with E-state index in [1.165, 1.54) is 22.4 Å². The zero-order valence-electron chi connectivity index (χ0n) is 9.06. The minimum absolute atomic E-state index is 0.364. The number of aliphatic imine (C=N–C) groups is 1. The van der Waals surface area contributed by atoms with Crippen molar-refractivity contribution in [3.63, 3.8) is 0 Å². The SMILES string of the molecule is C1=CCC2=CC3=NC(C2=C1)C1C=CCC=C31. The van der Waals surface area contributed by atoms with E-state index in [1.54, 1.807) is 0 Å². The standard InChI is InChI=1S/C15H13N/c1-2-6-11-10(5-1)9-14-12-7-3-4-8-13(12)15(11)16-14/h1-2,4,6-9,13,15H,3,5H2. The van der Waals surface area contributed by atoms with Gasteiger partial charge < -0.3 is 0 Å². The van der Waals surface area contributed by atoms with Crippen LogP contribution in [0.25, 0.3) is 0 Å². The van der Waals surface area contributed by atoms with E-state index in [9.17, 15) is 0 Å². The molecule has 0 radical (unpaired) electrons.